The van der Waals surface area contributed by atoms with Gasteiger partial charge in [0.25, 0.3) is 7.82 Å². The Morgan fingerprint density at radius 3 is 1.56 bits per heavy atom. The van der Waals surface area contributed by atoms with Crippen LogP contribution in [-0.2, 0) is 18.4 Å². The smallest absolute Gasteiger partial charge is 0.268 e. The molecule has 0 aromatic carbocycles. The van der Waals surface area contributed by atoms with E-state index in [4.69, 9.17) is 9.05 Å². The molecule has 0 aliphatic rings. The largest absolute Gasteiger partial charge is 0.756 e. The van der Waals surface area contributed by atoms with Crippen LogP contribution in [0.15, 0.2) is 36.5 Å². The van der Waals surface area contributed by atoms with E-state index in [0.29, 0.717) is 17.4 Å². The minimum Gasteiger partial charge on any atom is -0.756 e. The summed E-state index contributed by atoms with van der Waals surface area (Å²) in [6.07, 6.45) is 43.0. The number of aliphatic hydroxyl groups excluding tert-OH is 1. The van der Waals surface area contributed by atoms with Crippen molar-refractivity contribution >= 4 is 13.7 Å². The zero-order valence-electron chi connectivity index (χ0n) is 34.5. The zero-order valence-corrected chi connectivity index (χ0v) is 35.4. The van der Waals surface area contributed by atoms with Gasteiger partial charge >= 0.3 is 0 Å². The van der Waals surface area contributed by atoms with Gasteiger partial charge in [0.2, 0.25) is 5.91 Å². The standard InChI is InChI=1S/C43H83N2O6P/c1-6-8-10-11-12-13-14-15-16-17-18-19-20-21-22-23-24-25-26-27-28-29-30-31-32-33-35-36-42(46)41(44-43(47)37-34-9-7-2)40-51-52(48,49)50-39-38-45(3,4)5/h26-27,30-31,35-36,41-42,46H,6-25,28-29,32-34,37-40H2,1-5H3,(H-,44,47,48,49)/b27-26+,31-30+,36-35+. The van der Waals surface area contributed by atoms with E-state index in [1.807, 2.05) is 27.2 Å². The average Bonchev–Trinajstić information content (AvgIpc) is 3.09. The summed E-state index contributed by atoms with van der Waals surface area (Å²) >= 11 is 0. The van der Waals surface area contributed by atoms with Crippen LogP contribution < -0.4 is 10.2 Å². The number of aliphatic hydroxyl groups is 1. The van der Waals surface area contributed by atoms with Crippen LogP contribution in [0.25, 0.3) is 0 Å². The van der Waals surface area contributed by atoms with Gasteiger partial charge in [0, 0.05) is 6.42 Å². The summed E-state index contributed by atoms with van der Waals surface area (Å²) in [5.74, 6) is -0.238. The molecule has 0 bridgehead atoms. The van der Waals surface area contributed by atoms with Gasteiger partial charge in [-0.2, -0.15) is 0 Å². The molecule has 0 heterocycles. The molecule has 0 radical (unpaired) electrons. The van der Waals surface area contributed by atoms with Gasteiger partial charge in [-0.3, -0.25) is 9.36 Å². The quantitative estimate of drug-likeness (QED) is 0.0281. The lowest BCUT2D eigenvalue weighted by molar-refractivity contribution is -0.870. The third kappa shape index (κ3) is 37.1. The summed E-state index contributed by atoms with van der Waals surface area (Å²) in [5.41, 5.74) is 0. The molecule has 52 heavy (non-hydrogen) atoms. The number of phosphoric acid groups is 1. The summed E-state index contributed by atoms with van der Waals surface area (Å²) in [7, 11) is 1.23. The Hall–Kier alpha value is -1.28. The number of allylic oxidation sites excluding steroid dienone is 5. The second-order valence-electron chi connectivity index (χ2n) is 15.7. The van der Waals surface area contributed by atoms with Gasteiger partial charge in [0.05, 0.1) is 39.9 Å². The third-order valence-corrected chi connectivity index (χ3v) is 10.3. The van der Waals surface area contributed by atoms with Crippen molar-refractivity contribution in [2.45, 2.75) is 193 Å². The first-order chi connectivity index (χ1) is 25.0. The lowest BCUT2D eigenvalue weighted by Gasteiger charge is -2.29. The van der Waals surface area contributed by atoms with E-state index in [1.54, 1.807) is 6.08 Å². The van der Waals surface area contributed by atoms with Crippen molar-refractivity contribution in [3.8, 4) is 0 Å². The van der Waals surface area contributed by atoms with Gasteiger partial charge in [-0.1, -0.05) is 166 Å². The van der Waals surface area contributed by atoms with Gasteiger partial charge in [0.1, 0.15) is 13.2 Å². The summed E-state index contributed by atoms with van der Waals surface area (Å²) < 4.78 is 22.9. The van der Waals surface area contributed by atoms with Gasteiger partial charge in [-0.25, -0.2) is 0 Å². The molecular formula is C43H83N2O6P. The fraction of sp³-hybridized carbons (Fsp3) is 0.837. The molecule has 0 rings (SSSR count). The van der Waals surface area contributed by atoms with Crippen LogP contribution in [-0.4, -0.2) is 68.5 Å². The Morgan fingerprint density at radius 1 is 0.654 bits per heavy atom. The monoisotopic (exact) mass is 755 g/mol. The van der Waals surface area contributed by atoms with Crippen LogP contribution >= 0.6 is 7.82 Å². The molecular weight excluding hydrogens is 671 g/mol. The van der Waals surface area contributed by atoms with Gasteiger partial charge in [-0.15, -0.1) is 0 Å². The van der Waals surface area contributed by atoms with Gasteiger partial charge in [0.15, 0.2) is 0 Å². The number of likely N-dealkylation sites (N-methyl/N-ethyl adjacent to an activating group) is 1. The molecule has 0 fully saturated rings. The minimum atomic E-state index is -4.58. The van der Waals surface area contributed by atoms with Crippen molar-refractivity contribution in [3.63, 3.8) is 0 Å². The topological polar surface area (TPSA) is 108 Å². The number of amides is 1. The van der Waals surface area contributed by atoms with E-state index in [1.165, 1.54) is 116 Å². The average molecular weight is 755 g/mol. The predicted molar refractivity (Wildman–Crippen MR) is 219 cm³/mol. The Labute approximate surface area is 321 Å². The second-order valence-corrected chi connectivity index (χ2v) is 17.1. The first kappa shape index (κ1) is 50.7. The van der Waals surface area contributed by atoms with E-state index in [-0.39, 0.29) is 12.5 Å². The van der Waals surface area contributed by atoms with Crippen molar-refractivity contribution in [2.75, 3.05) is 40.9 Å². The highest BCUT2D eigenvalue weighted by Crippen LogP contribution is 2.38. The summed E-state index contributed by atoms with van der Waals surface area (Å²) in [4.78, 5) is 24.7. The highest BCUT2D eigenvalue weighted by molar-refractivity contribution is 7.45. The molecule has 2 N–H and O–H groups in total. The zero-order chi connectivity index (χ0) is 38.6. The number of unbranched alkanes of at least 4 members (excludes halogenated alkanes) is 21. The molecule has 0 aromatic rings. The molecule has 0 saturated carbocycles. The second kappa shape index (κ2) is 35.4. The van der Waals surface area contributed by atoms with Crippen molar-refractivity contribution in [1.82, 2.24) is 5.32 Å². The first-order valence-corrected chi connectivity index (χ1v) is 22.8. The van der Waals surface area contributed by atoms with Crippen LogP contribution in [0, 0.1) is 0 Å². The molecule has 0 aromatic heterocycles. The van der Waals surface area contributed by atoms with Crippen molar-refractivity contribution in [1.29, 1.82) is 0 Å². The minimum absolute atomic E-state index is 0.00973. The summed E-state index contributed by atoms with van der Waals surface area (Å²) in [6.45, 7) is 4.43. The van der Waals surface area contributed by atoms with E-state index < -0.39 is 26.6 Å². The number of hydrogen-bond donors (Lipinski definition) is 2. The van der Waals surface area contributed by atoms with E-state index in [9.17, 15) is 19.4 Å². The maximum absolute atomic E-state index is 12.4. The number of phosphoric ester groups is 1. The third-order valence-electron chi connectivity index (χ3n) is 9.33. The Balaban J connectivity index is 4.06. The van der Waals surface area contributed by atoms with E-state index in [0.717, 1.165) is 44.9 Å². The number of rotatable bonds is 38. The summed E-state index contributed by atoms with van der Waals surface area (Å²) in [5, 5.41) is 13.5. The van der Waals surface area contributed by atoms with Crippen LogP contribution in [0.3, 0.4) is 0 Å². The normalized spacial score (nSPS) is 14.8. The fourth-order valence-corrected chi connectivity index (χ4v) is 6.61. The van der Waals surface area contributed by atoms with Crippen molar-refractivity contribution < 1.29 is 32.9 Å². The molecule has 1 amide bonds. The Bertz CT molecular complexity index is 948. The highest BCUT2D eigenvalue weighted by atomic mass is 31.2. The number of quaternary nitrogens is 1. The number of nitrogens with one attached hydrogen (secondary N) is 1. The van der Waals surface area contributed by atoms with Crippen molar-refractivity contribution in [3.05, 3.63) is 36.5 Å². The van der Waals surface area contributed by atoms with Crippen LogP contribution in [0.4, 0.5) is 0 Å². The molecule has 3 unspecified atom stereocenters. The number of carbonyl (C=O) groups is 1. The molecule has 0 spiro atoms. The molecule has 9 heteroatoms. The highest BCUT2D eigenvalue weighted by Gasteiger charge is 2.23. The van der Waals surface area contributed by atoms with Gasteiger partial charge < -0.3 is 28.8 Å². The molecule has 0 aliphatic heterocycles. The van der Waals surface area contributed by atoms with Crippen LogP contribution in [0.2, 0.25) is 0 Å². The predicted octanol–water partition coefficient (Wildman–Crippen LogP) is 10.9. The lowest BCUT2D eigenvalue weighted by Crippen LogP contribution is -2.45. The molecule has 0 saturated heterocycles. The fourth-order valence-electron chi connectivity index (χ4n) is 5.89. The SMILES string of the molecule is CCCCCCCCCCCCCCCCCCC/C=C/CC/C=C/CC/C=C/C(O)C(COP(=O)([O-])OCC[N+](C)(C)C)NC(=O)CCCCC. The molecule has 8 nitrogen and oxygen atoms in total. The van der Waals surface area contributed by atoms with Crippen LogP contribution in [0.5, 0.6) is 0 Å². The lowest BCUT2D eigenvalue weighted by atomic mass is 10.0. The maximum Gasteiger partial charge on any atom is 0.268 e. The number of nitrogens with zero attached hydrogens (tertiary/aromatic N) is 1. The van der Waals surface area contributed by atoms with Crippen LogP contribution in [0.1, 0.15) is 181 Å². The van der Waals surface area contributed by atoms with Crippen molar-refractivity contribution in [2.24, 2.45) is 0 Å². The number of hydrogen-bond acceptors (Lipinski definition) is 6. The van der Waals surface area contributed by atoms with Gasteiger partial charge in [-0.05, 0) is 44.9 Å². The molecule has 3 atom stereocenters. The molecule has 0 aliphatic carbocycles. The Morgan fingerprint density at radius 2 is 1.08 bits per heavy atom. The number of carbonyl (C=O) groups excluding carboxylic acids is 1. The maximum atomic E-state index is 12.4. The van der Waals surface area contributed by atoms with E-state index >= 15 is 0 Å². The first-order valence-electron chi connectivity index (χ1n) is 21.4. The molecule has 306 valence electrons. The Kier molecular flexibility index (Phi) is 34.6. The van der Waals surface area contributed by atoms with E-state index in [2.05, 4.69) is 43.5 Å². The summed E-state index contributed by atoms with van der Waals surface area (Å²) in [6, 6.07) is -0.902.